The number of hydrogen-bond donors (Lipinski definition) is 1. The maximum Gasteiger partial charge on any atom is 0.240 e. The Bertz CT molecular complexity index is 784. The van der Waals surface area contributed by atoms with Crippen molar-refractivity contribution in [3.05, 3.63) is 62.3 Å². The first kappa shape index (κ1) is 16.7. The maximum absolute atomic E-state index is 13.1. The van der Waals surface area contributed by atoms with Gasteiger partial charge in [0.15, 0.2) is 0 Å². The predicted molar refractivity (Wildman–Crippen MR) is 84.6 cm³/mol. The summed E-state index contributed by atoms with van der Waals surface area (Å²) >= 11 is 14.6. The molecule has 21 heavy (non-hydrogen) atoms. The van der Waals surface area contributed by atoms with Crippen molar-refractivity contribution in [1.29, 1.82) is 0 Å². The lowest BCUT2D eigenvalue weighted by Gasteiger charge is -2.08. The molecular formula is C13H9BrCl2FNO2S. The lowest BCUT2D eigenvalue weighted by molar-refractivity contribution is 0.581. The van der Waals surface area contributed by atoms with Gasteiger partial charge in [-0.1, -0.05) is 29.3 Å². The molecule has 2 aromatic carbocycles. The molecule has 1 N–H and O–H groups in total. The summed E-state index contributed by atoms with van der Waals surface area (Å²) in [7, 11) is -3.72. The molecule has 0 spiro atoms. The summed E-state index contributed by atoms with van der Waals surface area (Å²) in [6.45, 7) is 0.0292. The molecule has 8 heteroatoms. The van der Waals surface area contributed by atoms with E-state index in [1.54, 1.807) is 0 Å². The van der Waals surface area contributed by atoms with E-state index >= 15 is 0 Å². The van der Waals surface area contributed by atoms with Gasteiger partial charge in [0.2, 0.25) is 10.0 Å². The van der Waals surface area contributed by atoms with E-state index in [1.165, 1.54) is 36.4 Å². The third kappa shape index (κ3) is 4.17. The van der Waals surface area contributed by atoms with Crippen molar-refractivity contribution in [2.75, 3.05) is 0 Å². The Kier molecular flexibility index (Phi) is 5.27. The molecule has 0 atom stereocenters. The molecule has 0 saturated heterocycles. The summed E-state index contributed by atoms with van der Waals surface area (Å²) in [4.78, 5) is 0.0121. The summed E-state index contributed by atoms with van der Waals surface area (Å²) in [5.41, 5.74) is 0.618. The largest absolute Gasteiger partial charge is 0.240 e. The van der Waals surface area contributed by atoms with Crippen LogP contribution >= 0.6 is 39.1 Å². The van der Waals surface area contributed by atoms with Gasteiger partial charge in [0.1, 0.15) is 5.82 Å². The third-order valence-corrected chi connectivity index (χ3v) is 5.40. The lowest BCUT2D eigenvalue weighted by Crippen LogP contribution is -2.23. The molecule has 0 amide bonds. The van der Waals surface area contributed by atoms with Gasteiger partial charge in [-0.15, -0.1) is 0 Å². The fourth-order valence-electron chi connectivity index (χ4n) is 1.56. The normalized spacial score (nSPS) is 11.6. The highest BCUT2D eigenvalue weighted by molar-refractivity contribution is 9.10. The highest BCUT2D eigenvalue weighted by Crippen LogP contribution is 2.25. The van der Waals surface area contributed by atoms with Crippen molar-refractivity contribution in [1.82, 2.24) is 4.72 Å². The van der Waals surface area contributed by atoms with Crippen molar-refractivity contribution in [2.45, 2.75) is 11.4 Å². The molecule has 3 nitrogen and oxygen atoms in total. The van der Waals surface area contributed by atoms with Crippen molar-refractivity contribution in [3.63, 3.8) is 0 Å². The van der Waals surface area contributed by atoms with Gasteiger partial charge < -0.3 is 0 Å². The van der Waals surface area contributed by atoms with Crippen molar-refractivity contribution in [3.8, 4) is 0 Å². The van der Waals surface area contributed by atoms with Crippen LogP contribution in [0.15, 0.2) is 45.8 Å². The summed E-state index contributed by atoms with van der Waals surface area (Å²) in [5.74, 6) is -0.411. The van der Waals surface area contributed by atoms with Crippen LogP contribution in [0.5, 0.6) is 0 Å². The standard InChI is InChI=1S/C13H9BrCl2FNO2S/c14-10-5-8(1-4-13(10)17)7-18-21(19,20)9-2-3-11(15)12(16)6-9/h1-6,18H,7H2. The van der Waals surface area contributed by atoms with Gasteiger partial charge in [-0.25, -0.2) is 17.5 Å². The molecule has 0 radical (unpaired) electrons. The predicted octanol–water partition coefficient (Wildman–Crippen LogP) is 4.37. The molecule has 0 unspecified atom stereocenters. The number of nitrogens with one attached hydrogen (secondary N) is 1. The molecule has 0 bridgehead atoms. The minimum atomic E-state index is -3.72. The fraction of sp³-hybridized carbons (Fsp3) is 0.0769. The molecule has 0 fully saturated rings. The summed E-state index contributed by atoms with van der Waals surface area (Å²) in [6.07, 6.45) is 0. The van der Waals surface area contributed by atoms with Crippen LogP contribution in [0.1, 0.15) is 5.56 Å². The maximum atomic E-state index is 13.1. The molecule has 0 aliphatic carbocycles. The van der Waals surface area contributed by atoms with Gasteiger partial charge in [-0.3, -0.25) is 0 Å². The van der Waals surface area contributed by atoms with Crippen LogP contribution in [0, 0.1) is 5.82 Å². The van der Waals surface area contributed by atoms with Crippen molar-refractivity contribution in [2.24, 2.45) is 0 Å². The van der Waals surface area contributed by atoms with Crippen LogP contribution in [0.25, 0.3) is 0 Å². The number of halogens is 4. The molecular weight excluding hydrogens is 404 g/mol. The van der Waals surface area contributed by atoms with Crippen LogP contribution in [-0.4, -0.2) is 8.42 Å². The fourth-order valence-corrected chi connectivity index (χ4v) is 3.39. The number of hydrogen-bond acceptors (Lipinski definition) is 2. The molecule has 2 aromatic rings. The van der Waals surface area contributed by atoms with Gasteiger partial charge in [0, 0.05) is 6.54 Å². The van der Waals surface area contributed by atoms with Crippen LogP contribution in [-0.2, 0) is 16.6 Å². The summed E-state index contributed by atoms with van der Waals surface area (Å²) in [5, 5.41) is 0.433. The van der Waals surface area contributed by atoms with E-state index in [0.29, 0.717) is 5.56 Å². The monoisotopic (exact) mass is 411 g/mol. The average Bonchev–Trinajstić information content (AvgIpc) is 2.43. The number of sulfonamides is 1. The first-order chi connectivity index (χ1) is 9.79. The second-order valence-electron chi connectivity index (χ2n) is 4.15. The molecule has 0 saturated carbocycles. The minimum absolute atomic E-state index is 0.0121. The highest BCUT2D eigenvalue weighted by atomic mass is 79.9. The zero-order chi connectivity index (χ0) is 15.6. The van der Waals surface area contributed by atoms with Crippen molar-refractivity contribution >= 4 is 49.2 Å². The molecule has 0 aliphatic rings. The van der Waals surface area contributed by atoms with E-state index in [2.05, 4.69) is 20.7 Å². The topological polar surface area (TPSA) is 46.2 Å². The second kappa shape index (κ2) is 6.62. The Morgan fingerprint density at radius 2 is 1.81 bits per heavy atom. The smallest absolute Gasteiger partial charge is 0.207 e. The quantitative estimate of drug-likeness (QED) is 0.810. The van der Waals surface area contributed by atoms with Gasteiger partial charge in [-0.2, -0.15) is 0 Å². The molecule has 2 rings (SSSR count). The summed E-state index contributed by atoms with van der Waals surface area (Å²) < 4.78 is 40.0. The van der Waals surface area contributed by atoms with Crippen LogP contribution in [0.3, 0.4) is 0 Å². The first-order valence-electron chi connectivity index (χ1n) is 5.68. The van der Waals surface area contributed by atoms with Gasteiger partial charge >= 0.3 is 0 Å². The Morgan fingerprint density at radius 3 is 2.43 bits per heavy atom. The minimum Gasteiger partial charge on any atom is -0.207 e. The van der Waals surface area contributed by atoms with E-state index in [4.69, 9.17) is 23.2 Å². The Balaban J connectivity index is 2.17. The van der Waals surface area contributed by atoms with E-state index in [9.17, 15) is 12.8 Å². The first-order valence-corrected chi connectivity index (χ1v) is 8.71. The number of rotatable bonds is 4. The number of benzene rings is 2. The van der Waals surface area contributed by atoms with Gasteiger partial charge in [0.05, 0.1) is 19.4 Å². The average molecular weight is 413 g/mol. The zero-order valence-electron chi connectivity index (χ0n) is 10.4. The van der Waals surface area contributed by atoms with Crippen molar-refractivity contribution < 1.29 is 12.8 Å². The van der Waals surface area contributed by atoms with Crippen LogP contribution in [0.4, 0.5) is 4.39 Å². The van der Waals surface area contributed by atoms with Crippen LogP contribution in [0.2, 0.25) is 10.0 Å². The molecule has 112 valence electrons. The SMILES string of the molecule is O=S(=O)(NCc1ccc(F)c(Br)c1)c1ccc(Cl)c(Cl)c1. The zero-order valence-corrected chi connectivity index (χ0v) is 14.3. The molecule has 0 heterocycles. The Morgan fingerprint density at radius 1 is 1.10 bits per heavy atom. The third-order valence-electron chi connectivity index (χ3n) is 2.65. The lowest BCUT2D eigenvalue weighted by atomic mass is 10.2. The van der Waals surface area contributed by atoms with Gasteiger partial charge in [0.25, 0.3) is 0 Å². The highest BCUT2D eigenvalue weighted by Gasteiger charge is 2.15. The molecule has 0 aliphatic heterocycles. The summed E-state index contributed by atoms with van der Waals surface area (Å²) in [6, 6.07) is 8.30. The van der Waals surface area contributed by atoms with E-state index in [1.807, 2.05) is 0 Å². The van der Waals surface area contributed by atoms with Crippen LogP contribution < -0.4 is 4.72 Å². The second-order valence-corrected chi connectivity index (χ2v) is 7.58. The van der Waals surface area contributed by atoms with E-state index in [-0.39, 0.29) is 26.0 Å². The molecule has 0 aromatic heterocycles. The Hall–Kier alpha value is -0.660. The van der Waals surface area contributed by atoms with E-state index in [0.717, 1.165) is 0 Å². The van der Waals surface area contributed by atoms with E-state index < -0.39 is 15.8 Å². The van der Waals surface area contributed by atoms with Gasteiger partial charge in [-0.05, 0) is 51.8 Å². The Labute approximate surface area is 140 Å².